The summed E-state index contributed by atoms with van der Waals surface area (Å²) >= 11 is 0. The third-order valence-electron chi connectivity index (χ3n) is 4.96. The Kier molecular flexibility index (Phi) is 5.13. The van der Waals surface area contributed by atoms with E-state index in [1.807, 2.05) is 18.3 Å². The summed E-state index contributed by atoms with van der Waals surface area (Å²) in [7, 11) is 0. The predicted molar refractivity (Wildman–Crippen MR) is 97.9 cm³/mol. The molecule has 26 heavy (non-hydrogen) atoms. The minimum absolute atomic E-state index is 0.236. The van der Waals surface area contributed by atoms with Gasteiger partial charge in [-0.05, 0) is 62.3 Å². The standard InChI is InChI=1S/C20H23FN4O/c21-17-7-5-15(6-8-17)20-16(13-23-24-20)12-22-14-18(19-4-3-11-26-19)25-9-1-2-10-25/h3-8,11,13,18,22H,1-2,9-10,12,14H2,(H,23,24). The van der Waals surface area contributed by atoms with Crippen LogP contribution in [0.25, 0.3) is 11.3 Å². The lowest BCUT2D eigenvalue weighted by Crippen LogP contribution is -2.33. The van der Waals surface area contributed by atoms with Crippen LogP contribution in [0.15, 0.2) is 53.3 Å². The number of hydrogen-bond donors (Lipinski definition) is 2. The van der Waals surface area contributed by atoms with Gasteiger partial charge in [-0.25, -0.2) is 4.39 Å². The first-order valence-corrected chi connectivity index (χ1v) is 9.07. The Hall–Kier alpha value is -2.44. The second-order valence-corrected chi connectivity index (χ2v) is 6.68. The number of aromatic nitrogens is 2. The van der Waals surface area contributed by atoms with Crippen LogP contribution < -0.4 is 5.32 Å². The topological polar surface area (TPSA) is 57.1 Å². The molecule has 0 spiro atoms. The highest BCUT2D eigenvalue weighted by atomic mass is 19.1. The van der Waals surface area contributed by atoms with Gasteiger partial charge in [0.05, 0.1) is 24.2 Å². The molecule has 1 atom stereocenters. The average Bonchev–Trinajstić information content (AvgIpc) is 3.41. The van der Waals surface area contributed by atoms with Crippen LogP contribution in [-0.2, 0) is 6.54 Å². The van der Waals surface area contributed by atoms with Gasteiger partial charge in [0.1, 0.15) is 11.6 Å². The Morgan fingerprint density at radius 1 is 1.19 bits per heavy atom. The van der Waals surface area contributed by atoms with E-state index in [9.17, 15) is 4.39 Å². The van der Waals surface area contributed by atoms with Gasteiger partial charge in [-0.3, -0.25) is 10.00 Å². The minimum atomic E-state index is -0.236. The molecule has 1 aromatic carbocycles. The number of rotatable bonds is 7. The number of halogens is 1. The van der Waals surface area contributed by atoms with Crippen LogP contribution in [0.5, 0.6) is 0 Å². The predicted octanol–water partition coefficient (Wildman–Crippen LogP) is 3.74. The molecule has 136 valence electrons. The van der Waals surface area contributed by atoms with E-state index in [4.69, 9.17) is 4.42 Å². The summed E-state index contributed by atoms with van der Waals surface area (Å²) < 4.78 is 18.8. The number of H-pyrrole nitrogens is 1. The van der Waals surface area contributed by atoms with E-state index in [1.54, 1.807) is 18.4 Å². The van der Waals surface area contributed by atoms with Gasteiger partial charge in [0.25, 0.3) is 0 Å². The number of likely N-dealkylation sites (tertiary alicyclic amines) is 1. The Labute approximate surface area is 152 Å². The number of nitrogens with one attached hydrogen (secondary N) is 2. The fourth-order valence-electron chi connectivity index (χ4n) is 3.60. The lowest BCUT2D eigenvalue weighted by molar-refractivity contribution is 0.209. The molecule has 2 N–H and O–H groups in total. The maximum atomic E-state index is 13.2. The Morgan fingerprint density at radius 3 is 2.73 bits per heavy atom. The third kappa shape index (κ3) is 3.71. The molecule has 3 aromatic rings. The van der Waals surface area contributed by atoms with Crippen molar-refractivity contribution in [3.63, 3.8) is 0 Å². The molecule has 4 rings (SSSR count). The van der Waals surface area contributed by atoms with Crippen LogP contribution in [0.3, 0.4) is 0 Å². The highest BCUT2D eigenvalue weighted by Gasteiger charge is 2.25. The SMILES string of the molecule is Fc1ccc(-c2[nH]ncc2CNCC(c2ccco2)N2CCCC2)cc1. The minimum Gasteiger partial charge on any atom is -0.468 e. The van der Waals surface area contributed by atoms with Gasteiger partial charge in [0.2, 0.25) is 0 Å². The van der Waals surface area contributed by atoms with Gasteiger partial charge in [0.15, 0.2) is 0 Å². The van der Waals surface area contributed by atoms with E-state index in [-0.39, 0.29) is 11.9 Å². The van der Waals surface area contributed by atoms with Crippen molar-refractivity contribution in [1.29, 1.82) is 0 Å². The van der Waals surface area contributed by atoms with Crippen molar-refractivity contribution in [2.45, 2.75) is 25.4 Å². The molecule has 1 unspecified atom stereocenters. The molecule has 5 nitrogen and oxygen atoms in total. The molecule has 6 heteroatoms. The largest absolute Gasteiger partial charge is 0.468 e. The first kappa shape index (κ1) is 17.0. The van der Waals surface area contributed by atoms with E-state index < -0.39 is 0 Å². The van der Waals surface area contributed by atoms with Crippen LogP contribution in [0.2, 0.25) is 0 Å². The smallest absolute Gasteiger partial charge is 0.123 e. The second-order valence-electron chi connectivity index (χ2n) is 6.68. The first-order valence-electron chi connectivity index (χ1n) is 9.07. The van der Waals surface area contributed by atoms with Gasteiger partial charge in [-0.2, -0.15) is 5.10 Å². The summed E-state index contributed by atoms with van der Waals surface area (Å²) in [4.78, 5) is 2.47. The molecule has 1 fully saturated rings. The number of hydrogen-bond acceptors (Lipinski definition) is 4. The van der Waals surface area contributed by atoms with Crippen LogP contribution in [0, 0.1) is 5.82 Å². The van der Waals surface area contributed by atoms with Crippen molar-refractivity contribution in [1.82, 2.24) is 20.4 Å². The molecule has 0 aliphatic carbocycles. The molecular weight excluding hydrogens is 331 g/mol. The lowest BCUT2D eigenvalue weighted by Gasteiger charge is -2.26. The molecule has 0 amide bonds. The van der Waals surface area contributed by atoms with Crippen molar-refractivity contribution in [2.24, 2.45) is 0 Å². The molecule has 1 aliphatic rings. The Morgan fingerprint density at radius 2 is 2.00 bits per heavy atom. The molecule has 0 radical (unpaired) electrons. The summed E-state index contributed by atoms with van der Waals surface area (Å²) in [6.45, 7) is 3.72. The van der Waals surface area contributed by atoms with Crippen molar-refractivity contribution >= 4 is 0 Å². The number of aromatic amines is 1. The summed E-state index contributed by atoms with van der Waals surface area (Å²) in [5.41, 5.74) is 2.92. The fourth-order valence-corrected chi connectivity index (χ4v) is 3.60. The molecule has 1 saturated heterocycles. The monoisotopic (exact) mass is 354 g/mol. The van der Waals surface area contributed by atoms with Gasteiger partial charge in [-0.15, -0.1) is 0 Å². The number of benzene rings is 1. The average molecular weight is 354 g/mol. The van der Waals surface area contributed by atoms with E-state index in [2.05, 4.69) is 20.4 Å². The summed E-state index contributed by atoms with van der Waals surface area (Å²) in [6.07, 6.45) is 6.05. The van der Waals surface area contributed by atoms with E-state index in [0.29, 0.717) is 6.54 Å². The third-order valence-corrected chi connectivity index (χ3v) is 4.96. The van der Waals surface area contributed by atoms with Crippen LogP contribution >= 0.6 is 0 Å². The van der Waals surface area contributed by atoms with Crippen molar-refractivity contribution in [3.05, 3.63) is 66.0 Å². The maximum Gasteiger partial charge on any atom is 0.123 e. The lowest BCUT2D eigenvalue weighted by atomic mass is 10.1. The zero-order chi connectivity index (χ0) is 17.8. The summed E-state index contributed by atoms with van der Waals surface area (Å²) in [6, 6.07) is 10.7. The maximum absolute atomic E-state index is 13.2. The normalized spacial score (nSPS) is 16.2. The Bertz CT molecular complexity index is 807. The first-order chi connectivity index (χ1) is 12.8. The van der Waals surface area contributed by atoms with E-state index >= 15 is 0 Å². The van der Waals surface area contributed by atoms with Gasteiger partial charge in [-0.1, -0.05) is 0 Å². The summed E-state index contributed by atoms with van der Waals surface area (Å²) in [5, 5.41) is 10.7. The molecular formula is C20H23FN4O. The van der Waals surface area contributed by atoms with Crippen LogP contribution in [-0.4, -0.2) is 34.7 Å². The van der Waals surface area contributed by atoms with Gasteiger partial charge in [0, 0.05) is 24.2 Å². The molecule has 2 aromatic heterocycles. The fraction of sp³-hybridized carbons (Fsp3) is 0.350. The zero-order valence-electron chi connectivity index (χ0n) is 14.6. The van der Waals surface area contributed by atoms with E-state index in [1.165, 1.54) is 25.0 Å². The Balaban J connectivity index is 1.42. The van der Waals surface area contributed by atoms with Crippen LogP contribution in [0.4, 0.5) is 4.39 Å². The van der Waals surface area contributed by atoms with Crippen LogP contribution in [0.1, 0.15) is 30.2 Å². The molecule has 1 aliphatic heterocycles. The van der Waals surface area contributed by atoms with E-state index in [0.717, 1.165) is 42.2 Å². The van der Waals surface area contributed by atoms with Gasteiger partial charge < -0.3 is 9.73 Å². The van der Waals surface area contributed by atoms with Crippen molar-refractivity contribution in [2.75, 3.05) is 19.6 Å². The molecule has 0 bridgehead atoms. The highest BCUT2D eigenvalue weighted by molar-refractivity contribution is 5.62. The van der Waals surface area contributed by atoms with Gasteiger partial charge >= 0.3 is 0 Å². The molecule has 3 heterocycles. The number of nitrogens with zero attached hydrogens (tertiary/aromatic N) is 2. The van der Waals surface area contributed by atoms with Crippen molar-refractivity contribution < 1.29 is 8.81 Å². The molecule has 0 saturated carbocycles. The second kappa shape index (κ2) is 7.85. The highest BCUT2D eigenvalue weighted by Crippen LogP contribution is 2.25. The quantitative estimate of drug-likeness (QED) is 0.679. The zero-order valence-corrected chi connectivity index (χ0v) is 14.6. The number of furan rings is 1. The summed E-state index contributed by atoms with van der Waals surface area (Å²) in [5.74, 6) is 0.769. The van der Waals surface area contributed by atoms with Crippen molar-refractivity contribution in [3.8, 4) is 11.3 Å².